The SMILES string of the molecule is CC(C)C1CCC[NH2+]1. The van der Waals surface area contributed by atoms with Gasteiger partial charge in [-0.25, -0.2) is 0 Å². The Kier molecular flexibility index (Phi) is 1.90. The molecule has 8 heavy (non-hydrogen) atoms. The molecule has 1 aliphatic rings. The molecule has 1 rings (SSSR count). The maximum Gasteiger partial charge on any atom is 0.0884 e. The van der Waals surface area contributed by atoms with Gasteiger partial charge in [-0.15, -0.1) is 0 Å². The van der Waals surface area contributed by atoms with Crippen LogP contribution in [0.3, 0.4) is 0 Å². The first-order valence-electron chi connectivity index (χ1n) is 3.64. The highest BCUT2D eigenvalue weighted by atomic mass is 14.9. The van der Waals surface area contributed by atoms with Crippen LogP contribution in [0.15, 0.2) is 0 Å². The minimum absolute atomic E-state index is 0.887. The Morgan fingerprint density at radius 1 is 1.50 bits per heavy atom. The van der Waals surface area contributed by atoms with Gasteiger partial charge in [0.15, 0.2) is 0 Å². The molecule has 1 heterocycles. The lowest BCUT2D eigenvalue weighted by Gasteiger charge is -2.09. The molecule has 0 amide bonds. The summed E-state index contributed by atoms with van der Waals surface area (Å²) in [7, 11) is 0. The predicted octanol–water partition coefficient (Wildman–Crippen LogP) is 0.368. The minimum Gasteiger partial charge on any atom is -0.344 e. The fourth-order valence-electron chi connectivity index (χ4n) is 1.41. The third-order valence-electron chi connectivity index (χ3n) is 2.07. The number of quaternary nitrogens is 1. The summed E-state index contributed by atoms with van der Waals surface area (Å²) >= 11 is 0. The van der Waals surface area contributed by atoms with Crippen molar-refractivity contribution < 1.29 is 5.32 Å². The van der Waals surface area contributed by atoms with Gasteiger partial charge in [-0.2, -0.15) is 0 Å². The molecule has 0 saturated carbocycles. The van der Waals surface area contributed by atoms with Gasteiger partial charge in [0.2, 0.25) is 0 Å². The molecule has 1 heteroatoms. The van der Waals surface area contributed by atoms with E-state index < -0.39 is 0 Å². The van der Waals surface area contributed by atoms with Crippen LogP contribution in [0.5, 0.6) is 0 Å². The van der Waals surface area contributed by atoms with E-state index in [0.29, 0.717) is 0 Å². The van der Waals surface area contributed by atoms with Crippen LogP contribution in [0.2, 0.25) is 0 Å². The van der Waals surface area contributed by atoms with E-state index in [1.54, 1.807) is 0 Å². The van der Waals surface area contributed by atoms with E-state index in [9.17, 15) is 0 Å². The lowest BCUT2D eigenvalue weighted by molar-refractivity contribution is -0.675. The van der Waals surface area contributed by atoms with Crippen LogP contribution in [0.4, 0.5) is 0 Å². The molecule has 2 N–H and O–H groups in total. The molecule has 1 aliphatic heterocycles. The molecule has 1 atom stereocenters. The van der Waals surface area contributed by atoms with Gasteiger partial charge in [-0.3, -0.25) is 0 Å². The van der Waals surface area contributed by atoms with Gasteiger partial charge in [0, 0.05) is 18.8 Å². The van der Waals surface area contributed by atoms with E-state index in [1.165, 1.54) is 19.4 Å². The molecular weight excluding hydrogens is 98.1 g/mol. The molecule has 0 aromatic heterocycles. The predicted molar refractivity (Wildman–Crippen MR) is 34.7 cm³/mol. The maximum absolute atomic E-state index is 2.48. The van der Waals surface area contributed by atoms with E-state index in [2.05, 4.69) is 19.2 Å². The van der Waals surface area contributed by atoms with Crippen molar-refractivity contribution in [2.45, 2.75) is 32.7 Å². The van der Waals surface area contributed by atoms with Crippen molar-refractivity contribution in [2.24, 2.45) is 5.92 Å². The minimum atomic E-state index is 0.887. The topological polar surface area (TPSA) is 16.6 Å². The first-order valence-corrected chi connectivity index (χ1v) is 3.64. The standard InChI is InChI=1S/C7H15N/c1-6(2)7-4-3-5-8-7/h6-8H,3-5H2,1-2H3/p+1. The van der Waals surface area contributed by atoms with Crippen LogP contribution in [-0.2, 0) is 0 Å². The van der Waals surface area contributed by atoms with Gasteiger partial charge in [0.1, 0.15) is 0 Å². The molecule has 1 saturated heterocycles. The van der Waals surface area contributed by atoms with Gasteiger partial charge in [0.25, 0.3) is 0 Å². The van der Waals surface area contributed by atoms with Crippen molar-refractivity contribution in [1.82, 2.24) is 0 Å². The molecule has 0 aliphatic carbocycles. The first-order chi connectivity index (χ1) is 3.80. The fraction of sp³-hybridized carbons (Fsp3) is 1.00. The summed E-state index contributed by atoms with van der Waals surface area (Å²) in [6, 6.07) is 0.940. The monoisotopic (exact) mass is 114 g/mol. The van der Waals surface area contributed by atoms with E-state index in [-0.39, 0.29) is 0 Å². The molecule has 1 unspecified atom stereocenters. The molecular formula is C7H16N+. The lowest BCUT2D eigenvalue weighted by atomic mass is 10.0. The van der Waals surface area contributed by atoms with Gasteiger partial charge in [-0.1, -0.05) is 13.8 Å². The number of hydrogen-bond donors (Lipinski definition) is 1. The summed E-state index contributed by atoms with van der Waals surface area (Å²) in [6.07, 6.45) is 2.88. The number of nitrogens with two attached hydrogens (primary N) is 1. The van der Waals surface area contributed by atoms with E-state index in [1.807, 2.05) is 0 Å². The molecule has 0 radical (unpaired) electrons. The van der Waals surface area contributed by atoms with Crippen LogP contribution < -0.4 is 5.32 Å². The second-order valence-electron chi connectivity index (χ2n) is 3.07. The van der Waals surface area contributed by atoms with Crippen molar-refractivity contribution in [3.8, 4) is 0 Å². The molecule has 48 valence electrons. The van der Waals surface area contributed by atoms with Gasteiger partial charge < -0.3 is 5.32 Å². The molecule has 0 spiro atoms. The highest BCUT2D eigenvalue weighted by Crippen LogP contribution is 2.06. The van der Waals surface area contributed by atoms with Crippen molar-refractivity contribution in [3.05, 3.63) is 0 Å². The first kappa shape index (κ1) is 6.09. The Morgan fingerprint density at radius 3 is 2.50 bits per heavy atom. The zero-order valence-electron chi connectivity index (χ0n) is 5.85. The Morgan fingerprint density at radius 2 is 2.25 bits per heavy atom. The highest BCUT2D eigenvalue weighted by molar-refractivity contribution is 4.62. The van der Waals surface area contributed by atoms with Crippen LogP contribution >= 0.6 is 0 Å². The average molecular weight is 114 g/mol. The van der Waals surface area contributed by atoms with Gasteiger partial charge in [-0.05, 0) is 0 Å². The molecule has 1 nitrogen and oxygen atoms in total. The van der Waals surface area contributed by atoms with Gasteiger partial charge >= 0.3 is 0 Å². The van der Waals surface area contributed by atoms with Crippen molar-refractivity contribution in [3.63, 3.8) is 0 Å². The fourth-order valence-corrected chi connectivity index (χ4v) is 1.41. The van der Waals surface area contributed by atoms with Crippen molar-refractivity contribution in [2.75, 3.05) is 6.54 Å². The summed E-state index contributed by atoms with van der Waals surface area (Å²) in [6.45, 7) is 5.99. The number of hydrogen-bond acceptors (Lipinski definition) is 0. The largest absolute Gasteiger partial charge is 0.344 e. The van der Waals surface area contributed by atoms with Crippen LogP contribution in [0.1, 0.15) is 26.7 Å². The number of rotatable bonds is 1. The molecule has 0 aromatic carbocycles. The Bertz CT molecular complexity index is 62.8. The normalized spacial score (nSPS) is 29.6. The Hall–Kier alpha value is -0.0400. The van der Waals surface area contributed by atoms with Crippen LogP contribution in [0.25, 0.3) is 0 Å². The third-order valence-corrected chi connectivity index (χ3v) is 2.07. The zero-order chi connectivity index (χ0) is 5.98. The maximum atomic E-state index is 2.48. The van der Waals surface area contributed by atoms with Crippen LogP contribution in [-0.4, -0.2) is 12.6 Å². The molecule has 1 fully saturated rings. The zero-order valence-corrected chi connectivity index (χ0v) is 5.85. The quantitative estimate of drug-likeness (QED) is 0.507. The summed E-state index contributed by atoms with van der Waals surface area (Å²) in [5.41, 5.74) is 0. The average Bonchev–Trinajstić information content (AvgIpc) is 2.12. The van der Waals surface area contributed by atoms with Crippen molar-refractivity contribution >= 4 is 0 Å². The van der Waals surface area contributed by atoms with E-state index in [0.717, 1.165) is 12.0 Å². The van der Waals surface area contributed by atoms with Crippen LogP contribution in [0, 0.1) is 5.92 Å². The molecule has 0 aromatic rings. The summed E-state index contributed by atoms with van der Waals surface area (Å²) in [4.78, 5) is 0. The third kappa shape index (κ3) is 1.22. The van der Waals surface area contributed by atoms with Crippen molar-refractivity contribution in [1.29, 1.82) is 0 Å². The highest BCUT2D eigenvalue weighted by Gasteiger charge is 2.20. The smallest absolute Gasteiger partial charge is 0.0884 e. The van der Waals surface area contributed by atoms with E-state index >= 15 is 0 Å². The molecule has 0 bridgehead atoms. The summed E-state index contributed by atoms with van der Waals surface area (Å²) < 4.78 is 0. The van der Waals surface area contributed by atoms with E-state index in [4.69, 9.17) is 0 Å². The second-order valence-corrected chi connectivity index (χ2v) is 3.07. The summed E-state index contributed by atoms with van der Waals surface area (Å²) in [5, 5.41) is 2.48. The van der Waals surface area contributed by atoms with Gasteiger partial charge in [0.05, 0.1) is 12.6 Å². The summed E-state index contributed by atoms with van der Waals surface area (Å²) in [5.74, 6) is 0.887. The second kappa shape index (κ2) is 2.49. The Labute approximate surface area is 51.5 Å². The lowest BCUT2D eigenvalue weighted by Crippen LogP contribution is -2.87. The Balaban J connectivity index is 2.24.